The van der Waals surface area contributed by atoms with Crippen LogP contribution in [-0.4, -0.2) is 63.0 Å². The van der Waals surface area contributed by atoms with E-state index in [1.165, 1.54) is 19.2 Å². The van der Waals surface area contributed by atoms with Gasteiger partial charge in [-0.3, -0.25) is 24.2 Å². The summed E-state index contributed by atoms with van der Waals surface area (Å²) in [4.78, 5) is 68.2. The van der Waals surface area contributed by atoms with Crippen LogP contribution in [0.3, 0.4) is 0 Å². The highest BCUT2D eigenvalue weighted by atomic mass is 79.9. The van der Waals surface area contributed by atoms with E-state index in [4.69, 9.17) is 13.6 Å². The molecular weight excluding hydrogens is 1310 g/mol. The Kier molecular flexibility index (Phi) is 19.4. The Hall–Kier alpha value is -11.3. The van der Waals surface area contributed by atoms with Gasteiger partial charge in [0.2, 0.25) is 0 Å². The van der Waals surface area contributed by atoms with Crippen LogP contribution < -0.4 is 9.80 Å². The van der Waals surface area contributed by atoms with Crippen molar-refractivity contribution in [3.8, 4) is 34.1 Å². The molecule has 6 heterocycles. The van der Waals surface area contributed by atoms with E-state index in [1.807, 2.05) is 196 Å². The molecule has 3 amide bonds. The number of carbonyl (C=O) groups excluding carboxylic acids is 4. The van der Waals surface area contributed by atoms with Crippen LogP contribution in [0.4, 0.5) is 11.4 Å². The summed E-state index contributed by atoms with van der Waals surface area (Å²) in [5, 5.41) is 18.9. The third-order valence-electron chi connectivity index (χ3n) is 15.7. The molecule has 466 valence electrons. The molecule has 0 bridgehead atoms. The number of aryl methyl sites for hydroxylation is 1. The van der Waals surface area contributed by atoms with E-state index in [2.05, 4.69) is 43.0 Å². The van der Waals surface area contributed by atoms with Gasteiger partial charge in [-0.15, -0.1) is 6.58 Å². The fourth-order valence-corrected chi connectivity index (χ4v) is 11.6. The van der Waals surface area contributed by atoms with Crippen LogP contribution in [0.25, 0.3) is 58.0 Å². The Morgan fingerprint density at radius 1 is 0.543 bits per heavy atom. The molecule has 0 atom stereocenters. The quantitative estimate of drug-likeness (QED) is 0.0605. The number of esters is 1. The molecule has 2 N–H and O–H groups in total. The second-order valence-electron chi connectivity index (χ2n) is 21.8. The number of phenols is 1. The monoisotopic (exact) mass is 1370 g/mol. The third-order valence-corrected chi connectivity index (χ3v) is 16.7. The zero-order valence-electron chi connectivity index (χ0n) is 51.4. The number of aromatic nitrogens is 1. The summed E-state index contributed by atoms with van der Waals surface area (Å²) in [6, 6.07) is 67.4. The molecule has 0 radical (unpaired) electrons. The Bertz CT molecular complexity index is 4730. The SMILES string of the molecule is C=CCN1C(=O)/C(=C\c2cc(C)n(-c3ccccc3)c2C)C(C(=O)OC)=C1C.O=C(O)c1ccc(N2C(=O)/C(=C/c3ccc(-c4ccc(Br)cc4)o3)C=C2c2ccccc2)cc1.O=C1/C(=C/c2ccc(-c3ccc(Br)cc3)o2)C=C(c2ccccc2)N1c1ccc(O)cc1. The van der Waals surface area contributed by atoms with E-state index in [-0.39, 0.29) is 29.0 Å². The van der Waals surface area contributed by atoms with Gasteiger partial charge in [0, 0.05) is 71.9 Å². The molecule has 0 spiro atoms. The lowest BCUT2D eigenvalue weighted by atomic mass is 10.0. The van der Waals surface area contributed by atoms with Gasteiger partial charge in [-0.1, -0.05) is 141 Å². The Labute approximate surface area is 559 Å². The van der Waals surface area contributed by atoms with Crippen LogP contribution in [0.2, 0.25) is 0 Å². The summed E-state index contributed by atoms with van der Waals surface area (Å²) in [5.41, 5.74) is 12.8. The maximum absolute atomic E-state index is 13.5. The van der Waals surface area contributed by atoms with E-state index < -0.39 is 11.9 Å². The van der Waals surface area contributed by atoms with Gasteiger partial charge in [0.15, 0.2) is 0 Å². The van der Waals surface area contributed by atoms with Crippen LogP contribution in [0, 0.1) is 13.8 Å². The molecule has 13 rings (SSSR count). The molecule has 3 aliphatic rings. The van der Waals surface area contributed by atoms with Gasteiger partial charge in [-0.05, 0) is 183 Å². The highest BCUT2D eigenvalue weighted by Crippen LogP contribution is 2.39. The van der Waals surface area contributed by atoms with Crippen molar-refractivity contribution < 1.29 is 47.8 Å². The number of nitrogens with zero attached hydrogens (tertiary/aromatic N) is 4. The molecule has 7 aromatic carbocycles. The summed E-state index contributed by atoms with van der Waals surface area (Å²) in [7, 11) is 1.32. The number of benzene rings is 7. The number of furan rings is 2. The lowest BCUT2D eigenvalue weighted by Gasteiger charge is -2.21. The smallest absolute Gasteiger partial charge is 0.340 e. The number of amides is 3. The molecule has 0 unspecified atom stereocenters. The third kappa shape index (κ3) is 13.9. The predicted octanol–water partition coefficient (Wildman–Crippen LogP) is 17.7. The minimum absolute atomic E-state index is 0.150. The molecule has 0 saturated carbocycles. The van der Waals surface area contributed by atoms with E-state index in [0.717, 1.165) is 65.3 Å². The number of ether oxygens (including phenoxy) is 1. The Balaban J connectivity index is 0.000000145. The van der Waals surface area contributed by atoms with Crippen molar-refractivity contribution in [2.24, 2.45) is 0 Å². The maximum Gasteiger partial charge on any atom is 0.340 e. The first kappa shape index (κ1) is 64.2. The lowest BCUT2D eigenvalue weighted by Crippen LogP contribution is -2.25. The number of carbonyl (C=O) groups is 5. The second-order valence-corrected chi connectivity index (χ2v) is 23.6. The molecule has 0 saturated heterocycles. The first-order valence-corrected chi connectivity index (χ1v) is 31.3. The summed E-state index contributed by atoms with van der Waals surface area (Å²) >= 11 is 6.87. The summed E-state index contributed by atoms with van der Waals surface area (Å²) in [5.74, 6) is 0.629. The predicted molar refractivity (Wildman–Crippen MR) is 375 cm³/mol. The highest BCUT2D eigenvalue weighted by Gasteiger charge is 2.37. The molecule has 16 heteroatoms. The average Bonchev–Trinajstić information content (AvgIpc) is 1.64. The Morgan fingerprint density at radius 2 is 1.00 bits per heavy atom. The Morgan fingerprint density at radius 3 is 1.45 bits per heavy atom. The number of para-hydroxylation sites is 1. The molecule has 94 heavy (non-hydrogen) atoms. The van der Waals surface area contributed by atoms with E-state index in [1.54, 1.807) is 82.3 Å². The summed E-state index contributed by atoms with van der Waals surface area (Å²) in [6.07, 6.45) is 10.6. The largest absolute Gasteiger partial charge is 0.508 e. The number of aromatic carboxylic acids is 1. The topological polar surface area (TPSA) is 176 Å². The standard InChI is InChI=1S/C28H18BrNO4.C27H18BrNO3.C23H24N2O3/c29-22-10-6-19(7-11-22)26-15-14-24(34-26)16-21-17-25(18-4-2-1-3-5-18)30(27(21)31)23-12-8-20(9-13-23)28(32)33;28-21-8-6-19(7-9-21)26-15-14-24(32-26)16-20-17-25(18-4-2-1-3-5-18)29(27(20)31)22-10-12-23(30)13-11-22;1-6-12-24-17(4)21(23(27)28-5)20(22(24)26)14-18-13-15(2)25(16(18)3)19-10-8-7-9-11-19/h1-17H,(H,32,33);1-17,30H;6-11,13-14H,1,12H2,2-5H3/b21-16+;20-16+;20-14-. The zero-order chi connectivity index (χ0) is 66.2. The number of rotatable bonds is 14. The molecule has 0 aliphatic carbocycles. The van der Waals surface area contributed by atoms with Crippen LogP contribution in [-0.2, 0) is 23.9 Å². The summed E-state index contributed by atoms with van der Waals surface area (Å²) < 4.78 is 21.0. The number of aromatic hydroxyl groups is 1. The van der Waals surface area contributed by atoms with Gasteiger partial charge in [0.1, 0.15) is 28.8 Å². The van der Waals surface area contributed by atoms with Crippen LogP contribution >= 0.6 is 31.9 Å². The van der Waals surface area contributed by atoms with Crippen molar-refractivity contribution in [3.63, 3.8) is 0 Å². The molecule has 3 aliphatic heterocycles. The van der Waals surface area contributed by atoms with Gasteiger partial charge >= 0.3 is 11.9 Å². The first-order valence-electron chi connectivity index (χ1n) is 29.7. The van der Waals surface area contributed by atoms with Gasteiger partial charge < -0.3 is 33.3 Å². The number of halogens is 2. The van der Waals surface area contributed by atoms with Crippen LogP contribution in [0.5, 0.6) is 5.75 Å². The van der Waals surface area contributed by atoms with E-state index in [0.29, 0.717) is 68.9 Å². The number of carboxylic acids is 1. The number of carboxylic acid groups (broad SMARTS) is 1. The maximum atomic E-state index is 13.5. The molecule has 0 fully saturated rings. The van der Waals surface area contributed by atoms with Crippen LogP contribution in [0.15, 0.2) is 289 Å². The van der Waals surface area contributed by atoms with Crippen molar-refractivity contribution in [2.75, 3.05) is 23.5 Å². The van der Waals surface area contributed by atoms with E-state index in [9.17, 15) is 34.2 Å². The second kappa shape index (κ2) is 28.5. The first-order chi connectivity index (χ1) is 45.5. The zero-order valence-corrected chi connectivity index (χ0v) is 54.5. The van der Waals surface area contributed by atoms with Crippen molar-refractivity contribution in [1.82, 2.24) is 9.47 Å². The molecular formula is C78H60Br2N4O10. The lowest BCUT2D eigenvalue weighted by molar-refractivity contribution is -0.136. The number of allylic oxidation sites excluding steroid dienone is 1. The fraction of sp³-hybridized carbons (Fsp3) is 0.0641. The summed E-state index contributed by atoms with van der Waals surface area (Å²) in [6.45, 7) is 9.81. The van der Waals surface area contributed by atoms with Gasteiger partial charge in [-0.2, -0.15) is 0 Å². The van der Waals surface area contributed by atoms with Gasteiger partial charge in [-0.25, -0.2) is 9.59 Å². The average molecular weight is 1370 g/mol. The minimum Gasteiger partial charge on any atom is -0.508 e. The fourth-order valence-electron chi connectivity index (χ4n) is 11.1. The minimum atomic E-state index is -1.02. The normalized spacial score (nSPS) is 14.9. The number of hydrogen-bond donors (Lipinski definition) is 2. The molecule has 10 aromatic rings. The van der Waals surface area contributed by atoms with E-state index >= 15 is 0 Å². The highest BCUT2D eigenvalue weighted by molar-refractivity contribution is 9.10. The van der Waals surface area contributed by atoms with Crippen molar-refractivity contribution in [1.29, 1.82) is 0 Å². The number of methoxy groups -OCH3 is 1. The number of hydrogen-bond acceptors (Lipinski definition) is 9. The molecule has 3 aromatic heterocycles. The number of anilines is 2. The van der Waals surface area contributed by atoms with Crippen LogP contribution in [0.1, 0.15) is 56.9 Å². The van der Waals surface area contributed by atoms with Crippen molar-refractivity contribution in [2.45, 2.75) is 20.8 Å². The van der Waals surface area contributed by atoms with Crippen molar-refractivity contribution in [3.05, 3.63) is 325 Å². The van der Waals surface area contributed by atoms with Gasteiger partial charge in [0.05, 0.1) is 35.2 Å². The van der Waals surface area contributed by atoms with Gasteiger partial charge in [0.25, 0.3) is 17.7 Å². The molecule has 14 nitrogen and oxygen atoms in total. The van der Waals surface area contributed by atoms with Crippen molar-refractivity contribution >= 4 is 103 Å². The number of phenolic OH excluding ortho intramolecular Hbond substituents is 1.